The number of aliphatic hydroxyl groups excluding tert-OH is 1. The number of carbonyl (C=O) groups excluding carboxylic acids is 1. The van der Waals surface area contributed by atoms with E-state index in [9.17, 15) is 15.2 Å². The molecule has 1 atom stereocenters. The Morgan fingerprint density at radius 2 is 2.23 bits per heavy atom. The van der Waals surface area contributed by atoms with Gasteiger partial charge in [-0.15, -0.1) is 0 Å². The van der Waals surface area contributed by atoms with Gasteiger partial charge in [-0.05, 0) is 36.6 Å². The molecule has 5 rings (SSSR count). The van der Waals surface area contributed by atoms with E-state index in [-0.39, 0.29) is 24.2 Å². The summed E-state index contributed by atoms with van der Waals surface area (Å²) < 4.78 is 1.50. The minimum absolute atomic E-state index is 0.0443. The van der Waals surface area contributed by atoms with Gasteiger partial charge in [-0.2, -0.15) is 10.4 Å². The van der Waals surface area contributed by atoms with E-state index >= 15 is 0 Å². The first-order valence-electron chi connectivity index (χ1n) is 11.3. The van der Waals surface area contributed by atoms with Crippen molar-refractivity contribution in [3.8, 4) is 17.3 Å². The fourth-order valence-corrected chi connectivity index (χ4v) is 4.46. The van der Waals surface area contributed by atoms with Crippen LogP contribution in [0.4, 0.5) is 17.5 Å². The number of anilines is 3. The Bertz CT molecular complexity index is 1350. The molecule has 11 heteroatoms. The Hall–Kier alpha value is -3.68. The number of amides is 1. The first-order chi connectivity index (χ1) is 16.8. The molecule has 0 bridgehead atoms. The average Bonchev–Trinajstić information content (AvgIpc) is 3.58. The van der Waals surface area contributed by atoms with E-state index in [4.69, 9.17) is 11.6 Å². The van der Waals surface area contributed by atoms with Crippen molar-refractivity contribution in [1.29, 1.82) is 5.26 Å². The number of aliphatic hydroxyl groups is 1. The highest BCUT2D eigenvalue weighted by Gasteiger charge is 2.36. The number of nitriles is 1. The van der Waals surface area contributed by atoms with E-state index in [1.807, 2.05) is 13.0 Å². The van der Waals surface area contributed by atoms with Gasteiger partial charge < -0.3 is 20.6 Å². The van der Waals surface area contributed by atoms with Crippen molar-refractivity contribution in [3.05, 3.63) is 46.7 Å². The molecule has 3 aromatic rings. The van der Waals surface area contributed by atoms with E-state index in [0.717, 1.165) is 29.7 Å². The molecule has 1 aliphatic heterocycles. The Morgan fingerprint density at radius 1 is 1.43 bits per heavy atom. The number of nitrogens with zero attached hydrogens (tertiary/aromatic N) is 6. The molecule has 3 N–H and O–H groups in total. The van der Waals surface area contributed by atoms with Crippen molar-refractivity contribution < 1.29 is 9.90 Å². The number of hydrogen-bond donors (Lipinski definition) is 3. The molecule has 35 heavy (non-hydrogen) atoms. The van der Waals surface area contributed by atoms with Crippen LogP contribution >= 0.6 is 11.6 Å². The van der Waals surface area contributed by atoms with Crippen LogP contribution in [-0.2, 0) is 16.8 Å². The van der Waals surface area contributed by atoms with Crippen LogP contribution in [0, 0.1) is 11.3 Å². The zero-order chi connectivity index (χ0) is 24.7. The van der Waals surface area contributed by atoms with Crippen molar-refractivity contribution in [3.63, 3.8) is 0 Å². The molecule has 0 saturated heterocycles. The SMILES string of the molecule is CN(C(=O)Cn1nc(Cl)cc1Nc1nccc(-c2cc(C#N)c3c(c2)C(C)(CO)CN3)n1)C1CC1. The Kier molecular flexibility index (Phi) is 5.83. The predicted molar refractivity (Wildman–Crippen MR) is 131 cm³/mol. The molecule has 0 spiro atoms. The molecule has 1 amide bonds. The summed E-state index contributed by atoms with van der Waals surface area (Å²) in [6.07, 6.45) is 3.66. The third-order valence-electron chi connectivity index (χ3n) is 6.63. The molecule has 3 heterocycles. The van der Waals surface area contributed by atoms with Gasteiger partial charge in [0.2, 0.25) is 11.9 Å². The maximum absolute atomic E-state index is 12.6. The summed E-state index contributed by atoms with van der Waals surface area (Å²) in [5.74, 6) is 0.742. The van der Waals surface area contributed by atoms with Crippen LogP contribution in [0.15, 0.2) is 30.5 Å². The first-order valence-corrected chi connectivity index (χ1v) is 11.7. The molecule has 2 aromatic heterocycles. The lowest BCUT2D eigenvalue weighted by molar-refractivity contribution is -0.131. The lowest BCUT2D eigenvalue weighted by atomic mass is 9.83. The topological polar surface area (TPSA) is 132 Å². The van der Waals surface area contributed by atoms with Gasteiger partial charge in [-0.3, -0.25) is 4.79 Å². The molecule has 1 fully saturated rings. The monoisotopic (exact) mass is 492 g/mol. The van der Waals surface area contributed by atoms with Crippen molar-refractivity contribution >= 4 is 35.0 Å². The summed E-state index contributed by atoms with van der Waals surface area (Å²) in [4.78, 5) is 23.3. The number of hydrogen-bond acceptors (Lipinski definition) is 8. The van der Waals surface area contributed by atoms with E-state index < -0.39 is 5.41 Å². The van der Waals surface area contributed by atoms with Gasteiger partial charge in [-0.1, -0.05) is 18.5 Å². The molecule has 10 nitrogen and oxygen atoms in total. The molecule has 1 unspecified atom stereocenters. The van der Waals surface area contributed by atoms with Crippen molar-refractivity contribution in [1.82, 2.24) is 24.6 Å². The van der Waals surface area contributed by atoms with Gasteiger partial charge in [0, 0.05) is 42.9 Å². The largest absolute Gasteiger partial charge is 0.395 e. The van der Waals surface area contributed by atoms with Crippen molar-refractivity contribution in [2.75, 3.05) is 30.8 Å². The highest BCUT2D eigenvalue weighted by molar-refractivity contribution is 6.29. The molecule has 2 aliphatic rings. The molecule has 180 valence electrons. The number of benzene rings is 1. The van der Waals surface area contributed by atoms with E-state index in [0.29, 0.717) is 35.6 Å². The molecule has 0 radical (unpaired) electrons. The van der Waals surface area contributed by atoms with Gasteiger partial charge in [0.25, 0.3) is 0 Å². The Labute approximate surface area is 207 Å². The number of rotatable bonds is 7. The second-order valence-electron chi connectivity index (χ2n) is 9.27. The maximum atomic E-state index is 12.6. The number of aromatic nitrogens is 4. The molecular formula is C24H25ClN8O2. The highest BCUT2D eigenvalue weighted by Crippen LogP contribution is 2.41. The molecule has 1 saturated carbocycles. The normalized spacial score (nSPS) is 18.5. The van der Waals surface area contributed by atoms with Crippen LogP contribution < -0.4 is 10.6 Å². The summed E-state index contributed by atoms with van der Waals surface area (Å²) in [6, 6.07) is 9.63. The van der Waals surface area contributed by atoms with Crippen LogP contribution in [0.2, 0.25) is 5.15 Å². The second-order valence-corrected chi connectivity index (χ2v) is 9.65. The lowest BCUT2D eigenvalue weighted by Gasteiger charge is -2.21. The first kappa shape index (κ1) is 23.1. The van der Waals surface area contributed by atoms with Gasteiger partial charge in [0.05, 0.1) is 23.6 Å². The number of halogens is 1. The smallest absolute Gasteiger partial charge is 0.244 e. The number of likely N-dealkylation sites (N-methyl/N-ethyl adjacent to an activating group) is 1. The van der Waals surface area contributed by atoms with E-state index in [1.165, 1.54) is 4.68 Å². The zero-order valence-corrected chi connectivity index (χ0v) is 20.2. The van der Waals surface area contributed by atoms with Crippen LogP contribution in [0.5, 0.6) is 0 Å². The maximum Gasteiger partial charge on any atom is 0.244 e. The fraction of sp³-hybridized carbons (Fsp3) is 0.375. The highest BCUT2D eigenvalue weighted by atomic mass is 35.5. The third-order valence-corrected chi connectivity index (χ3v) is 6.81. The second kappa shape index (κ2) is 8.83. The van der Waals surface area contributed by atoms with E-state index in [1.54, 1.807) is 36.3 Å². The summed E-state index contributed by atoms with van der Waals surface area (Å²) in [6.45, 7) is 2.51. The Balaban J connectivity index is 1.43. The minimum atomic E-state index is -0.492. The molecular weight excluding hydrogens is 468 g/mol. The van der Waals surface area contributed by atoms with Gasteiger partial charge >= 0.3 is 0 Å². The van der Waals surface area contributed by atoms with Gasteiger partial charge in [0.1, 0.15) is 18.4 Å². The van der Waals surface area contributed by atoms with Crippen molar-refractivity contribution in [2.24, 2.45) is 0 Å². The van der Waals surface area contributed by atoms with E-state index in [2.05, 4.69) is 31.8 Å². The van der Waals surface area contributed by atoms with Gasteiger partial charge in [0.15, 0.2) is 5.15 Å². The summed E-state index contributed by atoms with van der Waals surface area (Å²) in [5, 5.41) is 30.5. The summed E-state index contributed by atoms with van der Waals surface area (Å²) in [5.41, 5.74) is 2.97. The van der Waals surface area contributed by atoms with Crippen LogP contribution in [0.3, 0.4) is 0 Å². The molecule has 1 aliphatic carbocycles. The number of fused-ring (bicyclic) bond motifs is 1. The predicted octanol–water partition coefficient (Wildman–Crippen LogP) is 2.91. The number of nitrogens with one attached hydrogen (secondary N) is 2. The number of carbonyl (C=O) groups is 1. The minimum Gasteiger partial charge on any atom is -0.395 e. The van der Waals surface area contributed by atoms with Crippen molar-refractivity contribution in [2.45, 2.75) is 37.8 Å². The summed E-state index contributed by atoms with van der Waals surface area (Å²) >= 11 is 6.13. The fourth-order valence-electron chi connectivity index (χ4n) is 4.27. The summed E-state index contributed by atoms with van der Waals surface area (Å²) in [7, 11) is 1.80. The van der Waals surface area contributed by atoms with Crippen LogP contribution in [0.1, 0.15) is 30.9 Å². The average molecular weight is 493 g/mol. The quantitative estimate of drug-likeness (QED) is 0.458. The molecule has 1 aromatic carbocycles. The third kappa shape index (κ3) is 4.40. The van der Waals surface area contributed by atoms with Crippen LogP contribution in [-0.4, -0.2) is 61.9 Å². The zero-order valence-electron chi connectivity index (χ0n) is 19.4. The van der Waals surface area contributed by atoms with Crippen LogP contribution in [0.25, 0.3) is 11.3 Å². The Morgan fingerprint density at radius 3 is 2.94 bits per heavy atom. The standard InChI is InChI=1S/C24H25ClN8O2/c1-24(13-34)12-28-22-15(10-26)7-14(8-17(22)24)18-5-6-27-23(29-18)30-20-9-19(25)31-33(20)11-21(35)32(2)16-3-4-16/h5-9,16,28,34H,3-4,11-13H2,1-2H3,(H,27,29,30). The van der Waals surface area contributed by atoms with Gasteiger partial charge in [-0.25, -0.2) is 14.6 Å². The lowest BCUT2D eigenvalue weighted by Crippen LogP contribution is -2.32.